The average Bonchev–Trinajstić information content (AvgIpc) is 3.20. The standard InChI is InChI=1S/C25H24ClN5O3/c1-15-3-4-18(21-9-10-24-29-23(28-16(2)32)14-31(24)30-21)13-20(15)25(34)27-12-11-22(33)17-5-7-19(26)8-6-17/h3-10,13-14,22,33H,11-12H2,1-2H3,(H,27,34)(H,28,32). The Morgan fingerprint density at radius 1 is 1.12 bits per heavy atom. The van der Waals surface area contributed by atoms with Crippen LogP contribution >= 0.6 is 11.6 Å². The van der Waals surface area contributed by atoms with Crippen molar-refractivity contribution in [3.05, 3.63) is 82.5 Å². The first kappa shape index (κ1) is 23.4. The first-order valence-electron chi connectivity index (χ1n) is 10.8. The van der Waals surface area contributed by atoms with E-state index in [-0.39, 0.29) is 11.8 Å². The van der Waals surface area contributed by atoms with Crippen LogP contribution in [0.3, 0.4) is 0 Å². The topological polar surface area (TPSA) is 109 Å². The van der Waals surface area contributed by atoms with Gasteiger partial charge in [0.05, 0.1) is 18.0 Å². The Bertz CT molecular complexity index is 1350. The van der Waals surface area contributed by atoms with Crippen molar-refractivity contribution in [3.8, 4) is 11.3 Å². The first-order chi connectivity index (χ1) is 16.3. The first-order valence-corrected chi connectivity index (χ1v) is 11.1. The van der Waals surface area contributed by atoms with Crippen molar-refractivity contribution in [2.75, 3.05) is 11.9 Å². The molecule has 0 spiro atoms. The van der Waals surface area contributed by atoms with Crippen LogP contribution in [0, 0.1) is 6.92 Å². The van der Waals surface area contributed by atoms with Gasteiger partial charge in [0.15, 0.2) is 11.5 Å². The summed E-state index contributed by atoms with van der Waals surface area (Å²) in [7, 11) is 0. The number of nitrogens with one attached hydrogen (secondary N) is 2. The molecule has 0 saturated heterocycles. The Morgan fingerprint density at radius 3 is 2.62 bits per heavy atom. The van der Waals surface area contributed by atoms with Crippen LogP contribution in [0.4, 0.5) is 5.82 Å². The number of aromatic nitrogens is 3. The molecule has 0 fully saturated rings. The van der Waals surface area contributed by atoms with Crippen LogP contribution in [-0.4, -0.2) is 38.1 Å². The maximum atomic E-state index is 12.8. The second-order valence-electron chi connectivity index (χ2n) is 7.97. The average molecular weight is 478 g/mol. The highest BCUT2D eigenvalue weighted by Crippen LogP contribution is 2.22. The fourth-order valence-corrected chi connectivity index (χ4v) is 3.70. The van der Waals surface area contributed by atoms with Gasteiger partial charge in [-0.25, -0.2) is 9.50 Å². The molecule has 4 rings (SSSR count). The number of imidazole rings is 1. The fraction of sp³-hybridized carbons (Fsp3) is 0.200. The highest BCUT2D eigenvalue weighted by atomic mass is 35.5. The van der Waals surface area contributed by atoms with Crippen LogP contribution in [0.15, 0.2) is 60.8 Å². The number of aryl methyl sites for hydroxylation is 1. The highest BCUT2D eigenvalue weighted by molar-refractivity contribution is 6.30. The van der Waals surface area contributed by atoms with E-state index in [2.05, 4.69) is 20.7 Å². The summed E-state index contributed by atoms with van der Waals surface area (Å²) >= 11 is 5.89. The third kappa shape index (κ3) is 5.41. The van der Waals surface area contributed by atoms with Crippen molar-refractivity contribution in [1.29, 1.82) is 0 Å². The number of halogens is 1. The van der Waals surface area contributed by atoms with Crippen molar-refractivity contribution >= 4 is 34.9 Å². The zero-order valence-electron chi connectivity index (χ0n) is 18.7. The molecule has 34 heavy (non-hydrogen) atoms. The number of carbonyl (C=O) groups is 2. The molecular weight excluding hydrogens is 454 g/mol. The summed E-state index contributed by atoms with van der Waals surface area (Å²) < 4.78 is 1.58. The second kappa shape index (κ2) is 10.0. The van der Waals surface area contributed by atoms with Crippen LogP contribution in [0.2, 0.25) is 5.02 Å². The van der Waals surface area contributed by atoms with Gasteiger partial charge in [0.1, 0.15) is 0 Å². The second-order valence-corrected chi connectivity index (χ2v) is 8.41. The SMILES string of the molecule is CC(=O)Nc1cn2nc(-c3ccc(C)c(C(=O)NCCC(O)c4ccc(Cl)cc4)c3)ccc2n1. The Hall–Kier alpha value is -3.75. The fourth-order valence-electron chi connectivity index (χ4n) is 3.57. The van der Waals surface area contributed by atoms with E-state index in [9.17, 15) is 14.7 Å². The smallest absolute Gasteiger partial charge is 0.251 e. The molecule has 0 aliphatic rings. The molecule has 0 radical (unpaired) electrons. The highest BCUT2D eigenvalue weighted by Gasteiger charge is 2.14. The predicted molar refractivity (Wildman–Crippen MR) is 131 cm³/mol. The number of aliphatic hydroxyl groups excluding tert-OH is 1. The number of anilines is 1. The minimum absolute atomic E-state index is 0.210. The quantitative estimate of drug-likeness (QED) is 0.370. The van der Waals surface area contributed by atoms with Gasteiger partial charge in [-0.05, 0) is 54.8 Å². The molecule has 2 heterocycles. The molecule has 9 heteroatoms. The molecule has 1 atom stereocenters. The maximum absolute atomic E-state index is 12.8. The third-order valence-corrected chi connectivity index (χ3v) is 5.61. The van der Waals surface area contributed by atoms with Gasteiger partial charge in [-0.1, -0.05) is 35.9 Å². The monoisotopic (exact) mass is 477 g/mol. The van der Waals surface area contributed by atoms with Gasteiger partial charge >= 0.3 is 0 Å². The van der Waals surface area contributed by atoms with Crippen molar-refractivity contribution in [3.63, 3.8) is 0 Å². The molecule has 0 bridgehead atoms. The predicted octanol–water partition coefficient (Wildman–Crippen LogP) is 4.17. The van der Waals surface area contributed by atoms with E-state index in [4.69, 9.17) is 11.6 Å². The van der Waals surface area contributed by atoms with Crippen molar-refractivity contribution in [1.82, 2.24) is 19.9 Å². The molecule has 3 N–H and O–H groups in total. The lowest BCUT2D eigenvalue weighted by molar-refractivity contribution is -0.114. The molecule has 8 nitrogen and oxygen atoms in total. The summed E-state index contributed by atoms with van der Waals surface area (Å²) in [6.07, 6.45) is 1.31. The Labute approximate surface area is 201 Å². The summed E-state index contributed by atoms with van der Waals surface area (Å²) in [5.74, 6) is -0.0141. The summed E-state index contributed by atoms with van der Waals surface area (Å²) in [5.41, 5.74) is 4.14. The van der Waals surface area contributed by atoms with E-state index >= 15 is 0 Å². The molecule has 0 aliphatic carbocycles. The Balaban J connectivity index is 1.46. The number of nitrogens with zero attached hydrogens (tertiary/aromatic N) is 3. The minimum atomic E-state index is -0.696. The molecule has 4 aromatic rings. The number of amides is 2. The maximum Gasteiger partial charge on any atom is 0.251 e. The third-order valence-electron chi connectivity index (χ3n) is 5.36. The van der Waals surface area contributed by atoms with Crippen LogP contribution in [0.5, 0.6) is 0 Å². The summed E-state index contributed by atoms with van der Waals surface area (Å²) in [6.45, 7) is 3.60. The number of carbonyl (C=O) groups excluding carboxylic acids is 2. The largest absolute Gasteiger partial charge is 0.388 e. The molecular formula is C25H24ClN5O3. The Kier molecular flexibility index (Phi) is 6.90. The van der Waals surface area contributed by atoms with Gasteiger partial charge in [0.25, 0.3) is 5.91 Å². The van der Waals surface area contributed by atoms with Gasteiger partial charge < -0.3 is 15.7 Å². The van der Waals surface area contributed by atoms with Gasteiger partial charge in [-0.3, -0.25) is 9.59 Å². The number of hydrogen-bond acceptors (Lipinski definition) is 5. The molecule has 0 saturated carbocycles. The van der Waals surface area contributed by atoms with Gasteiger partial charge in [0, 0.05) is 29.6 Å². The molecule has 1 unspecified atom stereocenters. The van der Waals surface area contributed by atoms with Gasteiger partial charge in [0.2, 0.25) is 5.91 Å². The summed E-state index contributed by atoms with van der Waals surface area (Å²) in [6, 6.07) is 16.2. The normalized spacial score (nSPS) is 11.9. The molecule has 2 aromatic carbocycles. The lowest BCUT2D eigenvalue weighted by atomic mass is 10.0. The zero-order chi connectivity index (χ0) is 24.2. The number of aliphatic hydroxyl groups is 1. The van der Waals surface area contributed by atoms with Crippen LogP contribution in [-0.2, 0) is 4.79 Å². The van der Waals surface area contributed by atoms with Crippen LogP contribution in [0.25, 0.3) is 16.9 Å². The Morgan fingerprint density at radius 2 is 1.88 bits per heavy atom. The van der Waals surface area contributed by atoms with E-state index in [0.717, 1.165) is 16.7 Å². The molecule has 2 aromatic heterocycles. The minimum Gasteiger partial charge on any atom is -0.388 e. The van der Waals surface area contributed by atoms with E-state index in [1.165, 1.54) is 6.92 Å². The van der Waals surface area contributed by atoms with Crippen molar-refractivity contribution in [2.45, 2.75) is 26.4 Å². The number of benzene rings is 2. The molecule has 2 amide bonds. The summed E-state index contributed by atoms with van der Waals surface area (Å²) in [5, 5.41) is 21.0. The lowest BCUT2D eigenvalue weighted by Gasteiger charge is -2.13. The van der Waals surface area contributed by atoms with E-state index in [0.29, 0.717) is 40.7 Å². The number of fused-ring (bicyclic) bond motifs is 1. The van der Waals surface area contributed by atoms with Gasteiger partial charge in [-0.15, -0.1) is 0 Å². The number of hydrogen-bond donors (Lipinski definition) is 3. The van der Waals surface area contributed by atoms with E-state index in [1.54, 1.807) is 47.1 Å². The molecule has 174 valence electrons. The van der Waals surface area contributed by atoms with E-state index in [1.807, 2.05) is 25.1 Å². The van der Waals surface area contributed by atoms with E-state index < -0.39 is 6.10 Å². The van der Waals surface area contributed by atoms with Crippen LogP contribution in [0.1, 0.15) is 40.9 Å². The lowest BCUT2D eigenvalue weighted by Crippen LogP contribution is -2.26. The molecule has 0 aliphatic heterocycles. The van der Waals surface area contributed by atoms with Crippen molar-refractivity contribution < 1.29 is 14.7 Å². The van der Waals surface area contributed by atoms with Crippen LogP contribution < -0.4 is 10.6 Å². The zero-order valence-corrected chi connectivity index (χ0v) is 19.5. The number of rotatable bonds is 7. The summed E-state index contributed by atoms with van der Waals surface area (Å²) in [4.78, 5) is 28.4. The van der Waals surface area contributed by atoms with Gasteiger partial charge in [-0.2, -0.15) is 5.10 Å². The van der Waals surface area contributed by atoms with Crippen molar-refractivity contribution in [2.24, 2.45) is 0 Å².